The number of benzene rings is 2. The predicted molar refractivity (Wildman–Crippen MR) is 118 cm³/mol. The highest BCUT2D eigenvalue weighted by Gasteiger charge is 2.24. The smallest absolute Gasteiger partial charge is 0.209 e. The van der Waals surface area contributed by atoms with Crippen LogP contribution in [0.5, 0.6) is 0 Å². The average Bonchev–Trinajstić information content (AvgIpc) is 3.25. The normalized spacial score (nSPS) is 17.9. The number of likely N-dealkylation sites (tertiary alicyclic amines) is 1. The van der Waals surface area contributed by atoms with Crippen LogP contribution in [0.15, 0.2) is 54.7 Å². The SMILES string of the molecule is Cn1cc(CC2CCN(Cc3ccccc3)C2)c2cc(CCS(N)(=O)=O)ccc21. The second-order valence-electron chi connectivity index (χ2n) is 8.31. The van der Waals surface area contributed by atoms with E-state index in [0.29, 0.717) is 12.3 Å². The van der Waals surface area contributed by atoms with Crippen LogP contribution in [-0.4, -0.2) is 36.7 Å². The van der Waals surface area contributed by atoms with Crippen molar-refractivity contribution < 1.29 is 8.42 Å². The van der Waals surface area contributed by atoms with Gasteiger partial charge in [0, 0.05) is 37.2 Å². The predicted octanol–water partition coefficient (Wildman–Crippen LogP) is 3.07. The summed E-state index contributed by atoms with van der Waals surface area (Å²) in [4.78, 5) is 2.54. The summed E-state index contributed by atoms with van der Waals surface area (Å²) in [5.41, 5.74) is 4.94. The van der Waals surface area contributed by atoms with E-state index in [1.807, 2.05) is 6.07 Å². The molecular formula is C23H29N3O2S. The minimum Gasteiger partial charge on any atom is -0.350 e. The molecule has 2 aromatic carbocycles. The second-order valence-corrected chi connectivity index (χ2v) is 10.0. The Kier molecular flexibility index (Phi) is 5.76. The summed E-state index contributed by atoms with van der Waals surface area (Å²) in [5, 5.41) is 6.41. The fourth-order valence-electron chi connectivity index (χ4n) is 4.47. The molecule has 0 aliphatic carbocycles. The van der Waals surface area contributed by atoms with Gasteiger partial charge in [0.25, 0.3) is 0 Å². The first kappa shape index (κ1) is 20.1. The highest BCUT2D eigenvalue weighted by atomic mass is 32.2. The summed E-state index contributed by atoms with van der Waals surface area (Å²) >= 11 is 0. The molecule has 1 atom stereocenters. The van der Waals surface area contributed by atoms with E-state index in [2.05, 4.69) is 65.2 Å². The summed E-state index contributed by atoms with van der Waals surface area (Å²) < 4.78 is 24.8. The van der Waals surface area contributed by atoms with E-state index in [4.69, 9.17) is 5.14 Å². The monoisotopic (exact) mass is 411 g/mol. The third kappa shape index (κ3) is 5.07. The maximum atomic E-state index is 11.3. The van der Waals surface area contributed by atoms with Crippen molar-refractivity contribution >= 4 is 20.9 Å². The fraction of sp³-hybridized carbons (Fsp3) is 0.391. The van der Waals surface area contributed by atoms with Crippen molar-refractivity contribution in [3.8, 4) is 0 Å². The van der Waals surface area contributed by atoms with Gasteiger partial charge in [0.2, 0.25) is 10.0 Å². The van der Waals surface area contributed by atoms with Crippen LogP contribution in [0.1, 0.15) is 23.1 Å². The quantitative estimate of drug-likeness (QED) is 0.650. The molecule has 1 aromatic heterocycles. The number of nitrogens with zero attached hydrogens (tertiary/aromatic N) is 2. The largest absolute Gasteiger partial charge is 0.350 e. The van der Waals surface area contributed by atoms with Crippen LogP contribution in [0.4, 0.5) is 0 Å². The molecule has 0 bridgehead atoms. The molecule has 1 aliphatic rings. The lowest BCUT2D eigenvalue weighted by molar-refractivity contribution is 0.316. The van der Waals surface area contributed by atoms with E-state index in [1.165, 1.54) is 28.5 Å². The summed E-state index contributed by atoms with van der Waals surface area (Å²) in [5.74, 6) is 0.634. The maximum absolute atomic E-state index is 11.3. The number of nitrogens with two attached hydrogens (primary N) is 1. The molecule has 154 valence electrons. The molecule has 0 radical (unpaired) electrons. The zero-order chi connectivity index (χ0) is 20.4. The van der Waals surface area contributed by atoms with Crippen molar-refractivity contribution in [1.29, 1.82) is 0 Å². The van der Waals surface area contributed by atoms with Crippen LogP contribution in [-0.2, 0) is 36.5 Å². The summed E-state index contributed by atoms with van der Waals surface area (Å²) in [6, 6.07) is 16.9. The lowest BCUT2D eigenvalue weighted by atomic mass is 9.97. The van der Waals surface area contributed by atoms with Crippen molar-refractivity contribution in [1.82, 2.24) is 9.47 Å². The van der Waals surface area contributed by atoms with Gasteiger partial charge < -0.3 is 4.57 Å². The Hall–Kier alpha value is -2.15. The average molecular weight is 412 g/mol. The maximum Gasteiger partial charge on any atom is 0.209 e. The Morgan fingerprint density at radius 1 is 1.10 bits per heavy atom. The van der Waals surface area contributed by atoms with Crippen LogP contribution in [0.25, 0.3) is 10.9 Å². The van der Waals surface area contributed by atoms with Crippen molar-refractivity contribution in [2.24, 2.45) is 18.1 Å². The first-order valence-corrected chi connectivity index (χ1v) is 11.9. The molecule has 2 N–H and O–H groups in total. The number of fused-ring (bicyclic) bond motifs is 1. The Labute approximate surface area is 173 Å². The molecule has 3 aromatic rings. The van der Waals surface area contributed by atoms with Gasteiger partial charge in [-0.2, -0.15) is 0 Å². The van der Waals surface area contributed by atoms with Crippen LogP contribution in [0.3, 0.4) is 0 Å². The van der Waals surface area contributed by atoms with Crippen LogP contribution in [0, 0.1) is 5.92 Å². The molecule has 0 spiro atoms. The fourth-order valence-corrected chi connectivity index (χ4v) is 5.00. The van der Waals surface area contributed by atoms with Gasteiger partial charge in [-0.1, -0.05) is 36.4 Å². The third-order valence-electron chi connectivity index (χ3n) is 5.94. The Morgan fingerprint density at radius 2 is 1.90 bits per heavy atom. The molecule has 1 unspecified atom stereocenters. The molecule has 0 amide bonds. The van der Waals surface area contributed by atoms with Gasteiger partial charge in [0.1, 0.15) is 0 Å². The number of hydrogen-bond donors (Lipinski definition) is 1. The Bertz CT molecular complexity index is 1090. The number of aromatic nitrogens is 1. The standard InChI is InChI=1S/C23H29N3O2S/c1-25-17-21(22-14-18(7-8-23(22)25)10-12-29(24,27)28)13-20-9-11-26(16-20)15-19-5-3-2-4-6-19/h2-8,14,17,20H,9-13,15-16H2,1H3,(H2,24,27,28). The van der Waals surface area contributed by atoms with E-state index in [1.54, 1.807) is 0 Å². The van der Waals surface area contributed by atoms with Crippen molar-refractivity contribution in [3.63, 3.8) is 0 Å². The first-order valence-electron chi connectivity index (χ1n) is 10.2. The van der Waals surface area contributed by atoms with Gasteiger partial charge in [-0.3, -0.25) is 4.90 Å². The minimum absolute atomic E-state index is 0.0161. The van der Waals surface area contributed by atoms with Crippen molar-refractivity contribution in [3.05, 3.63) is 71.4 Å². The summed E-state index contributed by atoms with van der Waals surface area (Å²) in [6.45, 7) is 3.28. The van der Waals surface area contributed by atoms with E-state index in [9.17, 15) is 8.42 Å². The second kappa shape index (κ2) is 8.30. The molecule has 29 heavy (non-hydrogen) atoms. The van der Waals surface area contributed by atoms with Gasteiger partial charge in [0.05, 0.1) is 5.75 Å². The zero-order valence-corrected chi connectivity index (χ0v) is 17.7. The van der Waals surface area contributed by atoms with Crippen LogP contribution >= 0.6 is 0 Å². The van der Waals surface area contributed by atoms with E-state index in [0.717, 1.165) is 31.6 Å². The molecule has 1 fully saturated rings. The van der Waals surface area contributed by atoms with E-state index < -0.39 is 10.0 Å². The van der Waals surface area contributed by atoms with Gasteiger partial charge in [-0.25, -0.2) is 13.6 Å². The van der Waals surface area contributed by atoms with Crippen LogP contribution in [0.2, 0.25) is 0 Å². The van der Waals surface area contributed by atoms with Gasteiger partial charge in [-0.05, 0) is 60.5 Å². The van der Waals surface area contributed by atoms with Crippen molar-refractivity contribution in [2.45, 2.75) is 25.8 Å². The van der Waals surface area contributed by atoms with Crippen LogP contribution < -0.4 is 5.14 Å². The van der Waals surface area contributed by atoms with E-state index in [-0.39, 0.29) is 5.75 Å². The third-order valence-corrected chi connectivity index (χ3v) is 6.71. The molecule has 1 saturated heterocycles. The number of rotatable bonds is 7. The number of primary sulfonamides is 1. The van der Waals surface area contributed by atoms with Gasteiger partial charge in [0.15, 0.2) is 0 Å². The van der Waals surface area contributed by atoms with E-state index >= 15 is 0 Å². The highest BCUT2D eigenvalue weighted by Crippen LogP contribution is 2.28. The van der Waals surface area contributed by atoms with Crippen molar-refractivity contribution in [2.75, 3.05) is 18.8 Å². The molecule has 2 heterocycles. The topological polar surface area (TPSA) is 68.3 Å². The lowest BCUT2D eigenvalue weighted by Gasteiger charge is -2.16. The minimum atomic E-state index is -3.44. The summed E-state index contributed by atoms with van der Waals surface area (Å²) in [7, 11) is -1.37. The molecular weight excluding hydrogens is 382 g/mol. The first-order chi connectivity index (χ1) is 13.9. The Balaban J connectivity index is 1.46. The van der Waals surface area contributed by atoms with Gasteiger partial charge in [-0.15, -0.1) is 0 Å². The highest BCUT2D eigenvalue weighted by molar-refractivity contribution is 7.89. The molecule has 5 nitrogen and oxygen atoms in total. The summed E-state index contributed by atoms with van der Waals surface area (Å²) in [6.07, 6.45) is 4.96. The molecule has 4 rings (SSSR count). The van der Waals surface area contributed by atoms with Gasteiger partial charge >= 0.3 is 0 Å². The number of aryl methyl sites for hydroxylation is 2. The lowest BCUT2D eigenvalue weighted by Crippen LogP contribution is -2.20. The Morgan fingerprint density at radius 3 is 2.66 bits per heavy atom. The molecule has 1 aliphatic heterocycles. The molecule has 6 heteroatoms. The number of hydrogen-bond acceptors (Lipinski definition) is 3. The molecule has 0 saturated carbocycles. The number of sulfonamides is 1. The zero-order valence-electron chi connectivity index (χ0n) is 16.9.